The van der Waals surface area contributed by atoms with Crippen LogP contribution in [0.3, 0.4) is 0 Å². The number of halogens is 3. The second-order valence-electron chi connectivity index (χ2n) is 3.88. The Balaban J connectivity index is 1.96. The molecule has 3 rings (SSSR count). The van der Waals surface area contributed by atoms with Gasteiger partial charge in [-0.3, -0.25) is 0 Å². The number of benzene rings is 2. The molecule has 0 saturated carbocycles. The van der Waals surface area contributed by atoms with Crippen LogP contribution < -0.4 is 5.32 Å². The van der Waals surface area contributed by atoms with Crippen molar-refractivity contribution in [3.63, 3.8) is 0 Å². The van der Waals surface area contributed by atoms with Crippen molar-refractivity contribution >= 4 is 55.0 Å². The summed E-state index contributed by atoms with van der Waals surface area (Å²) in [6, 6.07) is 8.98. The van der Waals surface area contributed by atoms with Crippen molar-refractivity contribution in [2.45, 2.75) is 0 Å². The molecule has 0 atom stereocenters. The van der Waals surface area contributed by atoms with E-state index in [1.54, 1.807) is 12.1 Å². The number of aromatic nitrogens is 1. The molecule has 2 nitrogen and oxygen atoms in total. The molecule has 0 bridgehead atoms. The molecule has 0 radical (unpaired) electrons. The van der Waals surface area contributed by atoms with E-state index in [2.05, 4.69) is 32.9 Å². The summed E-state index contributed by atoms with van der Waals surface area (Å²) in [4.78, 5) is 4.30. The van der Waals surface area contributed by atoms with E-state index in [4.69, 9.17) is 0 Å². The summed E-state index contributed by atoms with van der Waals surface area (Å²) in [7, 11) is 0. The molecule has 19 heavy (non-hydrogen) atoms. The van der Waals surface area contributed by atoms with Crippen molar-refractivity contribution in [3.05, 3.63) is 51.6 Å². The van der Waals surface area contributed by atoms with Gasteiger partial charge in [0, 0.05) is 9.64 Å². The minimum Gasteiger partial charge on any atom is -0.331 e. The molecule has 0 aliphatic heterocycles. The average Bonchev–Trinajstić information content (AvgIpc) is 2.74. The SMILES string of the molecule is Fc1ccc(Nc2nc3cc(F)ccc3s2)c(I)c1. The molecule has 0 spiro atoms. The molecule has 0 aliphatic carbocycles. The number of fused-ring (bicyclic) bond motifs is 1. The lowest BCUT2D eigenvalue weighted by molar-refractivity contribution is 0.627. The van der Waals surface area contributed by atoms with Crippen molar-refractivity contribution < 1.29 is 8.78 Å². The highest BCUT2D eigenvalue weighted by Gasteiger charge is 2.07. The van der Waals surface area contributed by atoms with Gasteiger partial charge in [0.1, 0.15) is 11.6 Å². The Morgan fingerprint density at radius 3 is 2.58 bits per heavy atom. The van der Waals surface area contributed by atoms with Crippen molar-refractivity contribution in [1.29, 1.82) is 0 Å². The fourth-order valence-electron chi connectivity index (χ4n) is 1.66. The van der Waals surface area contributed by atoms with E-state index in [0.717, 1.165) is 14.0 Å². The van der Waals surface area contributed by atoms with Gasteiger partial charge in [0.15, 0.2) is 5.13 Å². The highest BCUT2D eigenvalue weighted by atomic mass is 127. The maximum atomic E-state index is 13.1. The molecule has 96 valence electrons. The summed E-state index contributed by atoms with van der Waals surface area (Å²) in [5, 5.41) is 3.78. The second kappa shape index (κ2) is 5.01. The number of anilines is 2. The van der Waals surface area contributed by atoms with Gasteiger partial charge >= 0.3 is 0 Å². The zero-order valence-electron chi connectivity index (χ0n) is 9.45. The predicted molar refractivity (Wildman–Crippen MR) is 82.0 cm³/mol. The van der Waals surface area contributed by atoms with Gasteiger partial charge in [-0.15, -0.1) is 0 Å². The number of hydrogen-bond acceptors (Lipinski definition) is 3. The first-order valence-electron chi connectivity index (χ1n) is 5.40. The van der Waals surface area contributed by atoms with Crippen molar-refractivity contribution in [2.24, 2.45) is 0 Å². The van der Waals surface area contributed by atoms with Gasteiger partial charge in [-0.2, -0.15) is 0 Å². The Morgan fingerprint density at radius 2 is 1.79 bits per heavy atom. The zero-order chi connectivity index (χ0) is 13.4. The predicted octanol–water partition coefficient (Wildman–Crippen LogP) is 4.92. The van der Waals surface area contributed by atoms with E-state index < -0.39 is 0 Å². The average molecular weight is 388 g/mol. The van der Waals surface area contributed by atoms with Gasteiger partial charge < -0.3 is 5.32 Å². The van der Waals surface area contributed by atoms with Crippen LogP contribution in [0.15, 0.2) is 36.4 Å². The van der Waals surface area contributed by atoms with Gasteiger partial charge in [0.25, 0.3) is 0 Å². The van der Waals surface area contributed by atoms with E-state index in [-0.39, 0.29) is 11.6 Å². The van der Waals surface area contributed by atoms with Crippen molar-refractivity contribution in [1.82, 2.24) is 4.98 Å². The third kappa shape index (κ3) is 2.69. The van der Waals surface area contributed by atoms with E-state index in [1.807, 2.05) is 0 Å². The maximum Gasteiger partial charge on any atom is 0.188 e. The standard InChI is InChI=1S/C13H7F2IN2S/c14-7-1-3-10(9(16)5-7)17-13-18-11-6-8(15)2-4-12(11)19-13/h1-6H,(H,17,18). The highest BCUT2D eigenvalue weighted by Crippen LogP contribution is 2.30. The van der Waals surface area contributed by atoms with Gasteiger partial charge in [-0.25, -0.2) is 13.8 Å². The minimum absolute atomic E-state index is 0.277. The molecular weight excluding hydrogens is 381 g/mol. The van der Waals surface area contributed by atoms with Crippen LogP contribution in [-0.4, -0.2) is 4.98 Å². The molecular formula is C13H7F2IN2S. The van der Waals surface area contributed by atoms with E-state index in [9.17, 15) is 8.78 Å². The first-order valence-corrected chi connectivity index (χ1v) is 7.29. The largest absolute Gasteiger partial charge is 0.331 e. The van der Waals surface area contributed by atoms with Crippen LogP contribution in [-0.2, 0) is 0 Å². The fourth-order valence-corrected chi connectivity index (χ4v) is 3.13. The molecule has 0 saturated heterocycles. The van der Waals surface area contributed by atoms with E-state index in [1.165, 1.54) is 35.6 Å². The molecule has 1 aromatic heterocycles. The van der Waals surface area contributed by atoms with Crippen molar-refractivity contribution in [3.8, 4) is 0 Å². The Hall–Kier alpha value is -1.28. The quantitative estimate of drug-likeness (QED) is 0.631. The highest BCUT2D eigenvalue weighted by molar-refractivity contribution is 14.1. The second-order valence-corrected chi connectivity index (χ2v) is 6.07. The third-order valence-corrected chi connectivity index (χ3v) is 4.37. The number of thiazole rings is 1. The lowest BCUT2D eigenvalue weighted by atomic mass is 10.3. The van der Waals surface area contributed by atoms with Gasteiger partial charge in [0.05, 0.1) is 15.9 Å². The van der Waals surface area contributed by atoms with Gasteiger partial charge in [0.2, 0.25) is 0 Å². The van der Waals surface area contributed by atoms with Crippen LogP contribution in [0, 0.1) is 15.2 Å². The van der Waals surface area contributed by atoms with Crippen LogP contribution in [0.2, 0.25) is 0 Å². The van der Waals surface area contributed by atoms with Crippen LogP contribution in [0.25, 0.3) is 10.2 Å². The van der Waals surface area contributed by atoms with E-state index >= 15 is 0 Å². The molecule has 0 fully saturated rings. The molecule has 1 N–H and O–H groups in total. The smallest absolute Gasteiger partial charge is 0.188 e. The number of rotatable bonds is 2. The normalized spacial score (nSPS) is 10.9. The molecule has 0 aliphatic rings. The molecule has 0 unspecified atom stereocenters. The summed E-state index contributed by atoms with van der Waals surface area (Å²) in [5.74, 6) is -0.581. The third-order valence-electron chi connectivity index (χ3n) is 2.52. The Bertz CT molecular complexity index is 757. The molecule has 3 aromatic rings. The lowest BCUT2D eigenvalue weighted by Crippen LogP contribution is -1.92. The fraction of sp³-hybridized carbons (Fsp3) is 0. The van der Waals surface area contributed by atoms with Crippen LogP contribution in [0.4, 0.5) is 19.6 Å². The first-order chi connectivity index (χ1) is 9.11. The van der Waals surface area contributed by atoms with Crippen LogP contribution >= 0.6 is 33.9 Å². The number of hydrogen-bond donors (Lipinski definition) is 1. The molecule has 6 heteroatoms. The molecule has 0 amide bonds. The maximum absolute atomic E-state index is 13.1. The molecule has 2 aromatic carbocycles. The van der Waals surface area contributed by atoms with Crippen LogP contribution in [0.5, 0.6) is 0 Å². The summed E-state index contributed by atoms with van der Waals surface area (Å²) < 4.78 is 27.8. The number of nitrogens with one attached hydrogen (secondary N) is 1. The Kier molecular flexibility index (Phi) is 3.36. The van der Waals surface area contributed by atoms with Crippen LogP contribution in [0.1, 0.15) is 0 Å². The lowest BCUT2D eigenvalue weighted by Gasteiger charge is -2.04. The van der Waals surface area contributed by atoms with Gasteiger partial charge in [-0.1, -0.05) is 11.3 Å². The Morgan fingerprint density at radius 1 is 1.05 bits per heavy atom. The molecule has 1 heterocycles. The van der Waals surface area contributed by atoms with E-state index in [0.29, 0.717) is 10.6 Å². The van der Waals surface area contributed by atoms with Gasteiger partial charge in [-0.05, 0) is 52.9 Å². The minimum atomic E-state index is -0.305. The summed E-state index contributed by atoms with van der Waals surface area (Å²) in [5.41, 5.74) is 1.39. The Labute approximate surface area is 125 Å². The van der Waals surface area contributed by atoms with Crippen molar-refractivity contribution in [2.75, 3.05) is 5.32 Å². The summed E-state index contributed by atoms with van der Waals surface area (Å²) in [6.45, 7) is 0. The number of nitrogens with zero attached hydrogens (tertiary/aromatic N) is 1. The summed E-state index contributed by atoms with van der Waals surface area (Å²) in [6.07, 6.45) is 0. The topological polar surface area (TPSA) is 24.9 Å². The zero-order valence-corrected chi connectivity index (χ0v) is 12.4. The first kappa shape index (κ1) is 12.7. The summed E-state index contributed by atoms with van der Waals surface area (Å²) >= 11 is 3.48. The monoisotopic (exact) mass is 388 g/mol.